The first-order valence-corrected chi connectivity index (χ1v) is 11.5. The molecule has 2 nitrogen and oxygen atoms in total. The van der Waals surface area contributed by atoms with Gasteiger partial charge in [-0.2, -0.15) is 0 Å². The Bertz CT molecular complexity index is 774. The predicted molar refractivity (Wildman–Crippen MR) is 121 cm³/mol. The first kappa shape index (κ1) is 21.4. The fraction of sp³-hybridized carbons (Fsp3) is 0.519. The molecular weight excluding hydrogens is 354 g/mol. The van der Waals surface area contributed by atoms with Crippen LogP contribution >= 0.6 is 0 Å². The van der Waals surface area contributed by atoms with E-state index in [0.29, 0.717) is 0 Å². The van der Waals surface area contributed by atoms with E-state index >= 15 is 0 Å². The van der Waals surface area contributed by atoms with E-state index in [1.807, 2.05) is 12.1 Å². The molecule has 0 bridgehead atoms. The van der Waals surface area contributed by atoms with Gasteiger partial charge in [-0.15, -0.1) is 0 Å². The van der Waals surface area contributed by atoms with Crippen molar-refractivity contribution in [3.8, 4) is 17.6 Å². The van der Waals surface area contributed by atoms with Crippen molar-refractivity contribution < 1.29 is 4.74 Å². The number of hydrogen-bond acceptors (Lipinski definition) is 2. The second-order valence-corrected chi connectivity index (χ2v) is 8.29. The summed E-state index contributed by atoms with van der Waals surface area (Å²) in [5, 5.41) is 0. The molecule has 1 heterocycles. The van der Waals surface area contributed by atoms with E-state index in [1.165, 1.54) is 56.9 Å². The highest BCUT2D eigenvalue weighted by molar-refractivity contribution is 5.42. The standard InChI is InChI=1S/C27H35NO/c1-3-5-6-7-20-29-27-19-18-26(28-21-27)17-12-23-10-15-25(16-11-23)24-13-8-22(4-2)9-14-24/h10-11,15-16,18-19,21-22,24H,3-9,13-14,20H2,1-2H3. The highest BCUT2D eigenvalue weighted by Crippen LogP contribution is 2.36. The first-order chi connectivity index (χ1) is 14.3. The van der Waals surface area contributed by atoms with E-state index in [0.717, 1.165) is 41.9 Å². The molecular formula is C27H35NO. The average Bonchev–Trinajstić information content (AvgIpc) is 2.79. The molecule has 0 radical (unpaired) electrons. The van der Waals surface area contributed by atoms with Crippen LogP contribution in [0.4, 0.5) is 0 Å². The number of benzene rings is 1. The molecule has 0 spiro atoms. The van der Waals surface area contributed by atoms with Crippen LogP contribution < -0.4 is 4.74 Å². The summed E-state index contributed by atoms with van der Waals surface area (Å²) in [5.41, 5.74) is 3.31. The van der Waals surface area contributed by atoms with Gasteiger partial charge in [-0.1, -0.05) is 57.6 Å². The lowest BCUT2D eigenvalue weighted by Gasteiger charge is -2.28. The zero-order chi connectivity index (χ0) is 20.3. The van der Waals surface area contributed by atoms with Gasteiger partial charge in [0.2, 0.25) is 0 Å². The largest absolute Gasteiger partial charge is 0.492 e. The third kappa shape index (κ3) is 6.93. The molecule has 1 fully saturated rings. The molecule has 1 aliphatic carbocycles. The monoisotopic (exact) mass is 389 g/mol. The van der Waals surface area contributed by atoms with E-state index in [9.17, 15) is 0 Å². The van der Waals surface area contributed by atoms with Crippen LogP contribution in [0.1, 0.15) is 94.4 Å². The van der Waals surface area contributed by atoms with Crippen molar-refractivity contribution >= 4 is 0 Å². The Morgan fingerprint density at radius 1 is 0.897 bits per heavy atom. The molecule has 0 atom stereocenters. The van der Waals surface area contributed by atoms with Crippen molar-refractivity contribution in [2.24, 2.45) is 5.92 Å². The molecule has 1 saturated carbocycles. The zero-order valence-electron chi connectivity index (χ0n) is 18.1. The normalized spacial score (nSPS) is 18.7. The summed E-state index contributed by atoms with van der Waals surface area (Å²) < 4.78 is 5.74. The maximum atomic E-state index is 5.74. The lowest BCUT2D eigenvalue weighted by atomic mass is 9.78. The minimum Gasteiger partial charge on any atom is -0.492 e. The van der Waals surface area contributed by atoms with Crippen molar-refractivity contribution in [2.75, 3.05) is 6.61 Å². The number of pyridine rings is 1. The molecule has 29 heavy (non-hydrogen) atoms. The summed E-state index contributed by atoms with van der Waals surface area (Å²) in [5.74, 6) is 8.91. The number of rotatable bonds is 8. The van der Waals surface area contributed by atoms with Gasteiger partial charge < -0.3 is 4.74 Å². The zero-order valence-corrected chi connectivity index (χ0v) is 18.1. The maximum Gasteiger partial charge on any atom is 0.137 e. The van der Waals surface area contributed by atoms with E-state index < -0.39 is 0 Å². The van der Waals surface area contributed by atoms with Gasteiger partial charge in [-0.25, -0.2) is 4.98 Å². The SMILES string of the molecule is CCCCCCOc1ccc(C#Cc2ccc(C3CCC(CC)CC3)cc2)nc1. The Hall–Kier alpha value is -2.27. The molecule has 0 saturated heterocycles. The first-order valence-electron chi connectivity index (χ1n) is 11.5. The molecule has 0 amide bonds. The summed E-state index contributed by atoms with van der Waals surface area (Å²) >= 11 is 0. The summed E-state index contributed by atoms with van der Waals surface area (Å²) in [4.78, 5) is 4.42. The van der Waals surface area contributed by atoms with Crippen molar-refractivity contribution in [1.82, 2.24) is 4.98 Å². The summed E-state index contributed by atoms with van der Waals surface area (Å²) in [7, 11) is 0. The number of unbranched alkanes of at least 4 members (excludes halogenated alkanes) is 3. The van der Waals surface area contributed by atoms with Crippen molar-refractivity contribution in [3.63, 3.8) is 0 Å². The van der Waals surface area contributed by atoms with Gasteiger partial charge in [0.1, 0.15) is 11.4 Å². The fourth-order valence-corrected chi connectivity index (χ4v) is 4.14. The lowest BCUT2D eigenvalue weighted by molar-refractivity contribution is 0.304. The third-order valence-electron chi connectivity index (χ3n) is 6.14. The van der Waals surface area contributed by atoms with Gasteiger partial charge >= 0.3 is 0 Å². The van der Waals surface area contributed by atoms with Crippen LogP contribution in [0.2, 0.25) is 0 Å². The molecule has 0 aliphatic heterocycles. The topological polar surface area (TPSA) is 22.1 Å². The van der Waals surface area contributed by atoms with Crippen molar-refractivity contribution in [1.29, 1.82) is 0 Å². The van der Waals surface area contributed by atoms with E-state index in [-0.39, 0.29) is 0 Å². The fourth-order valence-electron chi connectivity index (χ4n) is 4.14. The molecule has 2 heteroatoms. The predicted octanol–water partition coefficient (Wildman–Crippen LogP) is 7.12. The highest BCUT2D eigenvalue weighted by Gasteiger charge is 2.20. The molecule has 1 aliphatic rings. The van der Waals surface area contributed by atoms with Gasteiger partial charge in [0.15, 0.2) is 0 Å². The molecule has 154 valence electrons. The second kappa shape index (κ2) is 11.7. The Morgan fingerprint density at radius 3 is 2.34 bits per heavy atom. The van der Waals surface area contributed by atoms with E-state index in [2.05, 4.69) is 54.9 Å². The summed E-state index contributed by atoms with van der Waals surface area (Å²) in [6.45, 7) is 5.30. The van der Waals surface area contributed by atoms with E-state index in [4.69, 9.17) is 4.74 Å². The smallest absolute Gasteiger partial charge is 0.137 e. The quantitative estimate of drug-likeness (QED) is 0.354. The Balaban J connectivity index is 1.49. The molecule has 1 aromatic carbocycles. The Kier molecular flexibility index (Phi) is 8.62. The van der Waals surface area contributed by atoms with Crippen LogP contribution in [-0.4, -0.2) is 11.6 Å². The van der Waals surface area contributed by atoms with Crippen LogP contribution in [-0.2, 0) is 0 Å². The van der Waals surface area contributed by atoms with Crippen LogP contribution in [0.5, 0.6) is 5.75 Å². The minimum absolute atomic E-state index is 0.732. The van der Waals surface area contributed by atoms with Crippen LogP contribution in [0.15, 0.2) is 42.6 Å². The van der Waals surface area contributed by atoms with Gasteiger partial charge in [-0.05, 0) is 79.7 Å². The number of nitrogens with zero attached hydrogens (tertiary/aromatic N) is 1. The van der Waals surface area contributed by atoms with Crippen molar-refractivity contribution in [3.05, 3.63) is 59.4 Å². The van der Waals surface area contributed by atoms with Gasteiger partial charge in [-0.3, -0.25) is 0 Å². The van der Waals surface area contributed by atoms with E-state index in [1.54, 1.807) is 6.20 Å². The number of aromatic nitrogens is 1. The van der Waals surface area contributed by atoms with Gasteiger partial charge in [0.05, 0.1) is 12.8 Å². The molecule has 3 rings (SSSR count). The molecule has 1 aromatic heterocycles. The second-order valence-electron chi connectivity index (χ2n) is 8.29. The Morgan fingerprint density at radius 2 is 1.69 bits per heavy atom. The lowest BCUT2D eigenvalue weighted by Crippen LogP contribution is -2.12. The van der Waals surface area contributed by atoms with Crippen LogP contribution in [0, 0.1) is 17.8 Å². The summed E-state index contributed by atoms with van der Waals surface area (Å²) in [6, 6.07) is 12.7. The third-order valence-corrected chi connectivity index (χ3v) is 6.14. The van der Waals surface area contributed by atoms with Crippen LogP contribution in [0.3, 0.4) is 0 Å². The summed E-state index contributed by atoms with van der Waals surface area (Å²) in [6.07, 6.45) is 13.4. The van der Waals surface area contributed by atoms with Crippen molar-refractivity contribution in [2.45, 2.75) is 77.6 Å². The molecule has 0 unspecified atom stereocenters. The number of ether oxygens (including phenoxy) is 1. The molecule has 0 N–H and O–H groups in total. The molecule has 2 aromatic rings. The maximum absolute atomic E-state index is 5.74. The average molecular weight is 390 g/mol. The van der Waals surface area contributed by atoms with Gasteiger partial charge in [0.25, 0.3) is 0 Å². The van der Waals surface area contributed by atoms with Gasteiger partial charge in [0, 0.05) is 5.56 Å². The highest BCUT2D eigenvalue weighted by atomic mass is 16.5. The minimum atomic E-state index is 0.732. The number of hydrogen-bond donors (Lipinski definition) is 0. The Labute approximate surface area is 177 Å². The van der Waals surface area contributed by atoms with Crippen LogP contribution in [0.25, 0.3) is 0 Å².